The van der Waals surface area contributed by atoms with Crippen LogP contribution in [-0.4, -0.2) is 43.1 Å². The number of hydrogen-bond donors (Lipinski definition) is 2. The Balaban J connectivity index is 3.82. The van der Waals surface area contributed by atoms with Gasteiger partial charge in [-0.05, 0) is 30.2 Å². The highest BCUT2D eigenvalue weighted by atomic mass is 33.1. The molecule has 7 heteroatoms. The minimum Gasteiger partial charge on any atom is -0.465 e. The monoisotopic (exact) mass is 378 g/mol. The first-order valence-corrected chi connectivity index (χ1v) is 10.9. The summed E-state index contributed by atoms with van der Waals surface area (Å²) in [6, 6.07) is 0. The molecule has 0 saturated heterocycles. The van der Waals surface area contributed by atoms with Gasteiger partial charge in [0.25, 0.3) is 0 Å². The van der Waals surface area contributed by atoms with E-state index in [1.165, 1.54) is 6.92 Å². The van der Waals surface area contributed by atoms with Gasteiger partial charge in [0.05, 0.1) is 0 Å². The van der Waals surface area contributed by atoms with E-state index in [0.717, 1.165) is 24.3 Å². The Morgan fingerprint density at radius 3 is 2.29 bits per heavy atom. The molecule has 3 N–H and O–H groups in total. The maximum atomic E-state index is 11.9. The lowest BCUT2D eigenvalue weighted by Crippen LogP contribution is -2.37. The van der Waals surface area contributed by atoms with Crippen LogP contribution in [0.3, 0.4) is 0 Å². The molecular formula is C17H34N2O3S2. The van der Waals surface area contributed by atoms with E-state index in [9.17, 15) is 9.59 Å². The molecule has 0 spiro atoms. The topological polar surface area (TPSA) is 81.4 Å². The van der Waals surface area contributed by atoms with Crippen LogP contribution in [0.5, 0.6) is 0 Å². The smallest absolute Gasteiger partial charge is 0.302 e. The maximum absolute atomic E-state index is 11.9. The van der Waals surface area contributed by atoms with Gasteiger partial charge >= 0.3 is 5.97 Å². The van der Waals surface area contributed by atoms with Crippen LogP contribution in [0.1, 0.15) is 53.9 Å². The van der Waals surface area contributed by atoms with Crippen LogP contribution in [0.15, 0.2) is 0 Å². The summed E-state index contributed by atoms with van der Waals surface area (Å²) >= 11 is 0. The lowest BCUT2D eigenvalue weighted by molar-refractivity contribution is -0.140. The molecule has 0 aliphatic carbocycles. The molecule has 0 aromatic carbocycles. The van der Waals surface area contributed by atoms with Crippen LogP contribution in [0, 0.1) is 10.8 Å². The minimum absolute atomic E-state index is 0.0558. The van der Waals surface area contributed by atoms with Crippen LogP contribution < -0.4 is 11.1 Å². The van der Waals surface area contributed by atoms with Gasteiger partial charge in [-0.25, -0.2) is 0 Å². The van der Waals surface area contributed by atoms with Crippen molar-refractivity contribution in [3.05, 3.63) is 0 Å². The normalized spacial score (nSPS) is 12.1. The average Bonchev–Trinajstić information content (AvgIpc) is 2.42. The fourth-order valence-electron chi connectivity index (χ4n) is 2.74. The first-order chi connectivity index (χ1) is 11.1. The molecule has 0 aliphatic heterocycles. The lowest BCUT2D eigenvalue weighted by Gasteiger charge is -2.35. The summed E-state index contributed by atoms with van der Waals surface area (Å²) < 4.78 is 4.84. The number of esters is 1. The molecule has 1 amide bonds. The molecule has 0 fully saturated rings. The molecule has 0 saturated carbocycles. The third-order valence-electron chi connectivity index (χ3n) is 3.51. The van der Waals surface area contributed by atoms with Crippen LogP contribution >= 0.6 is 21.6 Å². The zero-order valence-electron chi connectivity index (χ0n) is 15.8. The number of rotatable bonds is 13. The summed E-state index contributed by atoms with van der Waals surface area (Å²) in [5, 5.41) is 3.04. The van der Waals surface area contributed by atoms with Gasteiger partial charge in [0.2, 0.25) is 5.91 Å². The van der Waals surface area contributed by atoms with Gasteiger partial charge in [-0.1, -0.05) is 49.3 Å². The Hall–Kier alpha value is -0.400. The summed E-state index contributed by atoms with van der Waals surface area (Å²) in [5.41, 5.74) is 5.92. The summed E-state index contributed by atoms with van der Waals surface area (Å²) in [5.74, 6) is 1.34. The van der Waals surface area contributed by atoms with E-state index in [1.54, 1.807) is 21.6 Å². The van der Waals surface area contributed by atoms with Crippen LogP contribution in [-0.2, 0) is 14.3 Å². The summed E-state index contributed by atoms with van der Waals surface area (Å²) in [4.78, 5) is 22.5. The number of hydrogen-bond acceptors (Lipinski definition) is 6. The molecule has 0 unspecified atom stereocenters. The highest BCUT2D eigenvalue weighted by molar-refractivity contribution is 8.76. The van der Waals surface area contributed by atoms with Crippen molar-refractivity contribution < 1.29 is 14.3 Å². The quantitative estimate of drug-likeness (QED) is 0.291. The van der Waals surface area contributed by atoms with E-state index in [4.69, 9.17) is 10.5 Å². The van der Waals surface area contributed by atoms with Crippen LogP contribution in [0.25, 0.3) is 0 Å². The van der Waals surface area contributed by atoms with Crippen molar-refractivity contribution in [2.45, 2.75) is 53.9 Å². The van der Waals surface area contributed by atoms with Gasteiger partial charge in [-0.15, -0.1) is 0 Å². The molecule has 0 radical (unpaired) electrons. The van der Waals surface area contributed by atoms with Crippen LogP contribution in [0.4, 0.5) is 0 Å². The van der Waals surface area contributed by atoms with Crippen molar-refractivity contribution in [3.8, 4) is 0 Å². The second-order valence-corrected chi connectivity index (χ2v) is 10.3. The highest BCUT2D eigenvalue weighted by Gasteiger charge is 2.28. The number of carbonyl (C=O) groups is 2. The molecule has 0 rings (SSSR count). The second-order valence-electron chi connectivity index (χ2n) is 7.55. The van der Waals surface area contributed by atoms with Gasteiger partial charge < -0.3 is 15.8 Å². The van der Waals surface area contributed by atoms with E-state index in [2.05, 4.69) is 33.0 Å². The van der Waals surface area contributed by atoms with Gasteiger partial charge in [0.1, 0.15) is 6.61 Å². The fourth-order valence-corrected chi connectivity index (χ4v) is 4.55. The highest BCUT2D eigenvalue weighted by Crippen LogP contribution is 2.35. The van der Waals surface area contributed by atoms with E-state index in [-0.39, 0.29) is 22.7 Å². The average molecular weight is 379 g/mol. The summed E-state index contributed by atoms with van der Waals surface area (Å²) in [6.07, 6.45) is 2.53. The molecule has 24 heavy (non-hydrogen) atoms. The zero-order chi connectivity index (χ0) is 18.6. The van der Waals surface area contributed by atoms with Crippen molar-refractivity contribution >= 4 is 33.5 Å². The number of nitrogens with two attached hydrogens (primary N) is 1. The standard InChI is InChI=1S/C17H34N2O3S2/c1-14(20)22-9-11-24-23-10-6-15(21)19-13-17(4,5)12-16(2,3)7-8-18/h6-13,18H2,1-5H3,(H,19,21). The SMILES string of the molecule is CC(=O)OCCSSCCC(=O)NCC(C)(C)CC(C)(C)CCN. The predicted octanol–water partition coefficient (Wildman–Crippen LogP) is 3.23. The second kappa shape index (κ2) is 12.0. The molecule has 142 valence electrons. The van der Waals surface area contributed by atoms with Crippen LogP contribution in [0.2, 0.25) is 0 Å². The maximum Gasteiger partial charge on any atom is 0.302 e. The fraction of sp³-hybridized carbons (Fsp3) is 0.882. The van der Waals surface area contributed by atoms with Gasteiger partial charge in [0, 0.05) is 31.4 Å². The molecule has 0 atom stereocenters. The molecule has 5 nitrogen and oxygen atoms in total. The predicted molar refractivity (Wildman–Crippen MR) is 105 cm³/mol. The lowest BCUT2D eigenvalue weighted by atomic mass is 9.73. The first kappa shape index (κ1) is 23.6. The Labute approximate surface area is 155 Å². The van der Waals surface area contributed by atoms with Crippen molar-refractivity contribution in [2.24, 2.45) is 16.6 Å². The molecular weight excluding hydrogens is 344 g/mol. The van der Waals surface area contributed by atoms with Crippen molar-refractivity contribution in [1.82, 2.24) is 5.32 Å². The Morgan fingerprint density at radius 1 is 1.08 bits per heavy atom. The number of nitrogens with one attached hydrogen (secondary N) is 1. The van der Waals surface area contributed by atoms with Gasteiger partial charge in [-0.3, -0.25) is 9.59 Å². The molecule has 0 bridgehead atoms. The number of ether oxygens (including phenoxy) is 1. The molecule has 0 aromatic rings. The largest absolute Gasteiger partial charge is 0.465 e. The first-order valence-electron chi connectivity index (χ1n) is 8.42. The molecule has 0 aromatic heterocycles. The van der Waals surface area contributed by atoms with E-state index in [1.807, 2.05) is 0 Å². The Morgan fingerprint density at radius 2 is 1.71 bits per heavy atom. The number of carbonyl (C=O) groups excluding carboxylic acids is 2. The van der Waals surface area contributed by atoms with Crippen molar-refractivity contribution in [1.29, 1.82) is 0 Å². The van der Waals surface area contributed by atoms with E-state index < -0.39 is 0 Å². The van der Waals surface area contributed by atoms with Crippen molar-refractivity contribution in [3.63, 3.8) is 0 Å². The third kappa shape index (κ3) is 14.0. The van der Waals surface area contributed by atoms with Crippen molar-refractivity contribution in [2.75, 3.05) is 31.2 Å². The summed E-state index contributed by atoms with van der Waals surface area (Å²) in [6.45, 7) is 12.0. The zero-order valence-corrected chi connectivity index (χ0v) is 17.4. The Kier molecular flexibility index (Phi) is 11.8. The third-order valence-corrected chi connectivity index (χ3v) is 5.88. The van der Waals surface area contributed by atoms with Gasteiger partial charge in [-0.2, -0.15) is 0 Å². The molecule has 0 aliphatic rings. The minimum atomic E-state index is -0.253. The number of amides is 1. The van der Waals surface area contributed by atoms with E-state index >= 15 is 0 Å². The molecule has 0 heterocycles. The van der Waals surface area contributed by atoms with E-state index in [0.29, 0.717) is 26.1 Å². The van der Waals surface area contributed by atoms with Gasteiger partial charge in [0.15, 0.2) is 0 Å². The summed E-state index contributed by atoms with van der Waals surface area (Å²) in [7, 11) is 3.26. The Bertz CT molecular complexity index is 388.